The molecule has 0 saturated carbocycles. The summed E-state index contributed by atoms with van der Waals surface area (Å²) in [5, 5.41) is 4.47. The van der Waals surface area contributed by atoms with Crippen LogP contribution in [0.4, 0.5) is 0 Å². The van der Waals surface area contributed by atoms with E-state index in [-0.39, 0.29) is 23.9 Å². The SMILES string of the molecule is O=C(Cn1c2ccccc2c(=O)c2ccccc21)N[C@H]1CCc2ccccc21. The lowest BCUT2D eigenvalue weighted by Gasteiger charge is -2.18. The molecule has 1 aliphatic carbocycles. The third-order valence-electron chi connectivity index (χ3n) is 5.65. The van der Waals surface area contributed by atoms with E-state index in [0.29, 0.717) is 10.8 Å². The van der Waals surface area contributed by atoms with Gasteiger partial charge in [-0.25, -0.2) is 0 Å². The molecule has 0 bridgehead atoms. The number of aromatic nitrogens is 1. The standard InChI is InChI=1S/C24H20N2O2/c27-23(25-20-14-13-16-7-1-2-8-17(16)20)15-26-21-11-5-3-9-18(21)24(28)19-10-4-6-12-22(19)26/h1-12,20H,13-15H2,(H,25,27)/t20-/m0/s1. The maximum atomic E-state index is 12.9. The molecule has 1 atom stereocenters. The van der Waals surface area contributed by atoms with Gasteiger partial charge in [-0.2, -0.15) is 0 Å². The van der Waals surface area contributed by atoms with Crippen molar-refractivity contribution >= 4 is 27.7 Å². The molecule has 28 heavy (non-hydrogen) atoms. The van der Waals surface area contributed by atoms with Crippen LogP contribution in [0.25, 0.3) is 21.8 Å². The molecule has 5 rings (SSSR count). The predicted molar refractivity (Wildman–Crippen MR) is 111 cm³/mol. The number of pyridine rings is 1. The van der Waals surface area contributed by atoms with Gasteiger partial charge in [-0.1, -0.05) is 48.5 Å². The Labute approximate surface area is 162 Å². The molecule has 1 aliphatic rings. The summed E-state index contributed by atoms with van der Waals surface area (Å²) in [5.41, 5.74) is 4.10. The number of nitrogens with one attached hydrogen (secondary N) is 1. The molecule has 4 heteroatoms. The highest BCUT2D eigenvalue weighted by molar-refractivity contribution is 5.94. The van der Waals surface area contributed by atoms with Crippen LogP contribution in [-0.2, 0) is 17.8 Å². The van der Waals surface area contributed by atoms with E-state index >= 15 is 0 Å². The minimum absolute atomic E-state index is 0.00702. The van der Waals surface area contributed by atoms with Crippen LogP contribution in [0, 0.1) is 0 Å². The Morgan fingerprint density at radius 2 is 1.50 bits per heavy atom. The highest BCUT2D eigenvalue weighted by atomic mass is 16.2. The Hall–Kier alpha value is -3.40. The second-order valence-electron chi connectivity index (χ2n) is 7.31. The number of carbonyl (C=O) groups excluding carboxylic acids is 1. The molecule has 1 aromatic heterocycles. The molecule has 3 aromatic carbocycles. The Bertz CT molecular complexity index is 1210. The zero-order valence-electron chi connectivity index (χ0n) is 15.4. The third-order valence-corrected chi connectivity index (χ3v) is 5.65. The smallest absolute Gasteiger partial charge is 0.240 e. The van der Waals surface area contributed by atoms with E-state index in [0.717, 1.165) is 23.9 Å². The molecule has 0 unspecified atom stereocenters. The van der Waals surface area contributed by atoms with E-state index in [4.69, 9.17) is 0 Å². The van der Waals surface area contributed by atoms with Crippen molar-refractivity contribution in [3.8, 4) is 0 Å². The molecule has 4 nitrogen and oxygen atoms in total. The molecule has 0 aliphatic heterocycles. The van der Waals surface area contributed by atoms with Gasteiger partial charge in [-0.15, -0.1) is 0 Å². The van der Waals surface area contributed by atoms with Crippen molar-refractivity contribution in [3.63, 3.8) is 0 Å². The molecule has 1 heterocycles. The molecule has 4 aromatic rings. The summed E-state index contributed by atoms with van der Waals surface area (Å²) in [4.78, 5) is 25.8. The lowest BCUT2D eigenvalue weighted by molar-refractivity contribution is -0.122. The predicted octanol–water partition coefficient (Wildman–Crippen LogP) is 3.96. The number of rotatable bonds is 3. The van der Waals surface area contributed by atoms with Gasteiger partial charge in [0.15, 0.2) is 5.43 Å². The fourth-order valence-electron chi connectivity index (χ4n) is 4.34. The van der Waals surface area contributed by atoms with Crippen LogP contribution in [0.2, 0.25) is 0 Å². The molecule has 1 N–H and O–H groups in total. The monoisotopic (exact) mass is 368 g/mol. The van der Waals surface area contributed by atoms with E-state index in [9.17, 15) is 9.59 Å². The number of hydrogen-bond donors (Lipinski definition) is 1. The maximum Gasteiger partial charge on any atom is 0.240 e. The van der Waals surface area contributed by atoms with Crippen molar-refractivity contribution in [2.75, 3.05) is 0 Å². The van der Waals surface area contributed by atoms with Gasteiger partial charge in [0.2, 0.25) is 5.91 Å². The number of carbonyl (C=O) groups is 1. The second kappa shape index (κ2) is 6.64. The first-order valence-electron chi connectivity index (χ1n) is 9.60. The van der Waals surface area contributed by atoms with Crippen molar-refractivity contribution < 1.29 is 4.79 Å². The van der Waals surface area contributed by atoms with Crippen LogP contribution in [0.1, 0.15) is 23.6 Å². The second-order valence-corrected chi connectivity index (χ2v) is 7.31. The lowest BCUT2D eigenvalue weighted by atomic mass is 10.1. The van der Waals surface area contributed by atoms with Crippen LogP contribution in [0.15, 0.2) is 77.6 Å². The molecular formula is C24H20N2O2. The van der Waals surface area contributed by atoms with Crippen molar-refractivity contribution in [3.05, 3.63) is 94.1 Å². The van der Waals surface area contributed by atoms with Crippen LogP contribution in [0.3, 0.4) is 0 Å². The van der Waals surface area contributed by atoms with Gasteiger partial charge in [0, 0.05) is 10.8 Å². The normalized spacial score (nSPS) is 15.6. The average Bonchev–Trinajstić information content (AvgIpc) is 3.14. The van der Waals surface area contributed by atoms with Crippen LogP contribution in [0.5, 0.6) is 0 Å². The Morgan fingerprint density at radius 1 is 0.893 bits per heavy atom. The number of hydrogen-bond acceptors (Lipinski definition) is 2. The van der Waals surface area contributed by atoms with Gasteiger partial charge in [0.25, 0.3) is 0 Å². The number of benzene rings is 3. The summed E-state index contributed by atoms with van der Waals surface area (Å²) < 4.78 is 1.95. The van der Waals surface area contributed by atoms with Crippen LogP contribution >= 0.6 is 0 Å². The Morgan fingerprint density at radius 3 is 2.21 bits per heavy atom. The van der Waals surface area contributed by atoms with Crippen molar-refractivity contribution in [1.29, 1.82) is 0 Å². The number of fused-ring (bicyclic) bond motifs is 3. The van der Waals surface area contributed by atoms with Gasteiger partial charge >= 0.3 is 0 Å². The molecule has 0 saturated heterocycles. The van der Waals surface area contributed by atoms with E-state index in [1.54, 1.807) is 0 Å². The number of para-hydroxylation sites is 2. The zero-order chi connectivity index (χ0) is 19.1. The quantitative estimate of drug-likeness (QED) is 0.557. The third kappa shape index (κ3) is 2.69. The van der Waals surface area contributed by atoms with Crippen LogP contribution < -0.4 is 10.7 Å². The number of nitrogens with zero attached hydrogens (tertiary/aromatic N) is 1. The summed E-state index contributed by atoms with van der Waals surface area (Å²) in [5.74, 6) is -0.0411. The molecule has 1 amide bonds. The number of amides is 1. The highest BCUT2D eigenvalue weighted by Crippen LogP contribution is 2.30. The lowest BCUT2D eigenvalue weighted by Crippen LogP contribution is -2.31. The Balaban J connectivity index is 1.54. The molecule has 0 fully saturated rings. The summed E-state index contributed by atoms with van der Waals surface area (Å²) in [6, 6.07) is 23.3. The van der Waals surface area contributed by atoms with Crippen molar-refractivity contribution in [2.24, 2.45) is 0 Å². The highest BCUT2D eigenvalue weighted by Gasteiger charge is 2.23. The van der Waals surface area contributed by atoms with Crippen molar-refractivity contribution in [1.82, 2.24) is 9.88 Å². The Kier molecular flexibility index (Phi) is 3.97. The van der Waals surface area contributed by atoms with E-state index in [2.05, 4.69) is 17.4 Å². The van der Waals surface area contributed by atoms with Gasteiger partial charge in [0.1, 0.15) is 6.54 Å². The van der Waals surface area contributed by atoms with Gasteiger partial charge in [0.05, 0.1) is 17.1 Å². The maximum absolute atomic E-state index is 12.9. The fourth-order valence-corrected chi connectivity index (χ4v) is 4.34. The van der Waals surface area contributed by atoms with E-state index < -0.39 is 0 Å². The average molecular weight is 368 g/mol. The molecule has 0 radical (unpaired) electrons. The summed E-state index contributed by atoms with van der Waals surface area (Å²) in [6.45, 7) is 0.181. The van der Waals surface area contributed by atoms with Crippen molar-refractivity contribution in [2.45, 2.75) is 25.4 Å². The van der Waals surface area contributed by atoms with Gasteiger partial charge < -0.3 is 9.88 Å². The molecular weight excluding hydrogens is 348 g/mol. The molecule has 0 spiro atoms. The van der Waals surface area contributed by atoms with Gasteiger partial charge in [-0.05, 0) is 48.2 Å². The van der Waals surface area contributed by atoms with Crippen LogP contribution in [-0.4, -0.2) is 10.5 Å². The summed E-state index contributed by atoms with van der Waals surface area (Å²) >= 11 is 0. The molecule has 138 valence electrons. The first-order chi connectivity index (χ1) is 13.7. The van der Waals surface area contributed by atoms with E-state index in [1.807, 2.05) is 65.2 Å². The zero-order valence-corrected chi connectivity index (χ0v) is 15.4. The minimum atomic E-state index is -0.0411. The summed E-state index contributed by atoms with van der Waals surface area (Å²) in [6.07, 6.45) is 1.92. The fraction of sp³-hybridized carbons (Fsp3) is 0.167. The minimum Gasteiger partial charge on any atom is -0.348 e. The topological polar surface area (TPSA) is 51.1 Å². The van der Waals surface area contributed by atoms with Gasteiger partial charge in [-0.3, -0.25) is 9.59 Å². The first kappa shape index (κ1) is 16.8. The largest absolute Gasteiger partial charge is 0.348 e. The summed E-state index contributed by atoms with van der Waals surface area (Å²) in [7, 11) is 0. The first-order valence-corrected chi connectivity index (χ1v) is 9.60. The number of aryl methyl sites for hydroxylation is 1. The van der Waals surface area contributed by atoms with E-state index in [1.165, 1.54) is 11.1 Å².